The Labute approximate surface area is 187 Å². The van der Waals surface area contributed by atoms with Crippen LogP contribution in [0.2, 0.25) is 0 Å². The standard InChI is InChI=1S/C21H30N4O4S2/c1-16-15-30-21(22-16)19-12-18(31(27,28)23-17-6-4-2-3-5-7-17)13-25(19)14-20(26)24-8-10-29-11-9-24/h12-13,15,17,23H,2-11,14H2,1H3. The van der Waals surface area contributed by atoms with Gasteiger partial charge in [0.15, 0.2) is 0 Å². The van der Waals surface area contributed by atoms with Crippen molar-refractivity contribution in [3.05, 3.63) is 23.3 Å². The van der Waals surface area contributed by atoms with Crippen molar-refractivity contribution in [2.75, 3.05) is 26.3 Å². The highest BCUT2D eigenvalue weighted by molar-refractivity contribution is 7.89. The number of rotatable bonds is 6. The van der Waals surface area contributed by atoms with Crippen LogP contribution < -0.4 is 4.72 Å². The lowest BCUT2D eigenvalue weighted by atomic mass is 10.1. The number of hydrogen-bond donors (Lipinski definition) is 1. The molecule has 1 aliphatic heterocycles. The molecule has 2 aromatic heterocycles. The van der Waals surface area contributed by atoms with E-state index in [0.717, 1.165) is 44.2 Å². The Morgan fingerprint density at radius 3 is 2.58 bits per heavy atom. The highest BCUT2D eigenvalue weighted by Gasteiger charge is 2.26. The number of aromatic nitrogens is 2. The minimum absolute atomic E-state index is 0.0311. The van der Waals surface area contributed by atoms with E-state index in [2.05, 4.69) is 9.71 Å². The molecular weight excluding hydrogens is 436 g/mol. The van der Waals surface area contributed by atoms with Crippen molar-refractivity contribution >= 4 is 27.3 Å². The number of carbonyl (C=O) groups is 1. The third-order valence-corrected chi connectivity index (χ3v) is 8.34. The van der Waals surface area contributed by atoms with E-state index in [1.807, 2.05) is 12.3 Å². The maximum atomic E-state index is 13.1. The molecule has 0 atom stereocenters. The lowest BCUT2D eigenvalue weighted by molar-refractivity contribution is -0.135. The SMILES string of the molecule is Cc1csc(-c2cc(S(=O)(=O)NC3CCCCCC3)cn2CC(=O)N2CCOCC2)n1. The molecule has 0 aromatic carbocycles. The Morgan fingerprint density at radius 1 is 1.23 bits per heavy atom. The number of nitrogens with one attached hydrogen (secondary N) is 1. The van der Waals surface area contributed by atoms with Gasteiger partial charge in [-0.1, -0.05) is 25.7 Å². The molecular formula is C21H30N4O4S2. The monoisotopic (exact) mass is 466 g/mol. The Bertz CT molecular complexity index is 1000. The molecule has 2 aromatic rings. The number of morpholine rings is 1. The number of hydrogen-bond acceptors (Lipinski definition) is 6. The van der Waals surface area contributed by atoms with Gasteiger partial charge >= 0.3 is 0 Å². The van der Waals surface area contributed by atoms with Crippen LogP contribution in [-0.2, 0) is 26.1 Å². The number of sulfonamides is 1. The van der Waals surface area contributed by atoms with Gasteiger partial charge in [0.2, 0.25) is 15.9 Å². The van der Waals surface area contributed by atoms with Crippen LogP contribution in [-0.4, -0.2) is 61.1 Å². The minimum Gasteiger partial charge on any atom is -0.378 e. The summed E-state index contributed by atoms with van der Waals surface area (Å²) in [7, 11) is -3.68. The fourth-order valence-electron chi connectivity index (χ4n) is 4.16. The van der Waals surface area contributed by atoms with Gasteiger partial charge in [0, 0.05) is 36.4 Å². The zero-order chi connectivity index (χ0) is 21.8. The van der Waals surface area contributed by atoms with Crippen LogP contribution >= 0.6 is 11.3 Å². The number of nitrogens with zero attached hydrogens (tertiary/aromatic N) is 3. The lowest BCUT2D eigenvalue weighted by Crippen LogP contribution is -2.42. The van der Waals surface area contributed by atoms with Gasteiger partial charge in [-0.2, -0.15) is 0 Å². The number of carbonyl (C=O) groups excluding carboxylic acids is 1. The molecule has 170 valence electrons. The fraction of sp³-hybridized carbons (Fsp3) is 0.619. The first kappa shape index (κ1) is 22.4. The van der Waals surface area contributed by atoms with E-state index in [1.54, 1.807) is 21.7 Å². The quantitative estimate of drug-likeness (QED) is 0.661. The predicted molar refractivity (Wildman–Crippen MR) is 119 cm³/mol. The Balaban J connectivity index is 1.60. The molecule has 8 nitrogen and oxygen atoms in total. The number of amides is 1. The number of thiazole rings is 1. The highest BCUT2D eigenvalue weighted by Crippen LogP contribution is 2.29. The Kier molecular flexibility index (Phi) is 7.10. The van der Waals surface area contributed by atoms with Gasteiger partial charge in [0.05, 0.1) is 18.9 Å². The zero-order valence-electron chi connectivity index (χ0n) is 17.9. The van der Waals surface area contributed by atoms with Crippen molar-refractivity contribution in [2.24, 2.45) is 0 Å². The summed E-state index contributed by atoms with van der Waals surface area (Å²) in [5.41, 5.74) is 1.52. The normalized spacial score (nSPS) is 18.8. The second-order valence-electron chi connectivity index (χ2n) is 8.29. The molecule has 0 spiro atoms. The van der Waals surface area contributed by atoms with Crippen molar-refractivity contribution in [1.29, 1.82) is 0 Å². The summed E-state index contributed by atoms with van der Waals surface area (Å²) in [5, 5.41) is 2.64. The summed E-state index contributed by atoms with van der Waals surface area (Å²) in [6, 6.07) is 1.61. The summed E-state index contributed by atoms with van der Waals surface area (Å²) in [6.07, 6.45) is 7.72. The van der Waals surface area contributed by atoms with E-state index in [-0.39, 0.29) is 23.4 Å². The van der Waals surface area contributed by atoms with Crippen LogP contribution in [0.15, 0.2) is 22.5 Å². The zero-order valence-corrected chi connectivity index (χ0v) is 19.5. The molecule has 3 heterocycles. The lowest BCUT2D eigenvalue weighted by Gasteiger charge is -2.27. The number of aryl methyl sites for hydroxylation is 1. The summed E-state index contributed by atoms with van der Waals surface area (Å²) in [4.78, 5) is 19.3. The molecule has 31 heavy (non-hydrogen) atoms. The minimum atomic E-state index is -3.68. The van der Waals surface area contributed by atoms with Gasteiger partial charge in [-0.3, -0.25) is 4.79 Å². The molecule has 1 aliphatic carbocycles. The number of ether oxygens (including phenoxy) is 1. The van der Waals surface area contributed by atoms with E-state index in [4.69, 9.17) is 4.74 Å². The van der Waals surface area contributed by atoms with Gasteiger partial charge in [-0.25, -0.2) is 18.1 Å². The topological polar surface area (TPSA) is 93.5 Å². The Hall–Kier alpha value is -1.75. The second-order valence-corrected chi connectivity index (χ2v) is 10.9. The van der Waals surface area contributed by atoms with Gasteiger partial charge < -0.3 is 14.2 Å². The molecule has 4 rings (SSSR count). The van der Waals surface area contributed by atoms with Crippen molar-refractivity contribution < 1.29 is 17.9 Å². The molecule has 1 saturated heterocycles. The fourth-order valence-corrected chi connectivity index (χ4v) is 6.33. The highest BCUT2D eigenvalue weighted by atomic mass is 32.2. The first-order valence-corrected chi connectivity index (χ1v) is 13.3. The van der Waals surface area contributed by atoms with Gasteiger partial charge in [0.1, 0.15) is 16.4 Å². The molecule has 1 saturated carbocycles. The van der Waals surface area contributed by atoms with Crippen molar-refractivity contribution in [3.8, 4) is 10.7 Å². The first-order chi connectivity index (χ1) is 14.9. The second kappa shape index (κ2) is 9.81. The maximum Gasteiger partial charge on any atom is 0.242 e. The predicted octanol–water partition coefficient (Wildman–Crippen LogP) is 2.78. The van der Waals surface area contributed by atoms with Crippen LogP contribution in [0.4, 0.5) is 0 Å². The van der Waals surface area contributed by atoms with Gasteiger partial charge in [-0.05, 0) is 25.8 Å². The van der Waals surface area contributed by atoms with Crippen LogP contribution in [0.3, 0.4) is 0 Å². The Morgan fingerprint density at radius 2 is 1.94 bits per heavy atom. The molecule has 0 unspecified atom stereocenters. The summed E-state index contributed by atoms with van der Waals surface area (Å²) in [5.74, 6) is -0.0471. The summed E-state index contributed by atoms with van der Waals surface area (Å²) < 4.78 is 36.2. The third kappa shape index (κ3) is 5.54. The summed E-state index contributed by atoms with van der Waals surface area (Å²) >= 11 is 1.45. The molecule has 0 radical (unpaired) electrons. The molecule has 1 amide bonds. The summed E-state index contributed by atoms with van der Waals surface area (Å²) in [6.45, 7) is 4.15. The first-order valence-electron chi connectivity index (χ1n) is 10.9. The van der Waals surface area contributed by atoms with Crippen LogP contribution in [0, 0.1) is 6.92 Å². The van der Waals surface area contributed by atoms with Crippen LogP contribution in [0.25, 0.3) is 10.7 Å². The van der Waals surface area contributed by atoms with E-state index < -0.39 is 10.0 Å². The van der Waals surface area contributed by atoms with E-state index in [9.17, 15) is 13.2 Å². The van der Waals surface area contributed by atoms with E-state index in [0.29, 0.717) is 37.0 Å². The molecule has 0 bridgehead atoms. The third-order valence-electron chi connectivity index (χ3n) is 5.87. The van der Waals surface area contributed by atoms with Gasteiger partial charge in [-0.15, -0.1) is 11.3 Å². The van der Waals surface area contributed by atoms with Crippen molar-refractivity contribution in [1.82, 2.24) is 19.2 Å². The molecule has 10 heteroatoms. The average molecular weight is 467 g/mol. The van der Waals surface area contributed by atoms with Crippen molar-refractivity contribution in [2.45, 2.75) is 62.9 Å². The average Bonchev–Trinajstić information content (AvgIpc) is 3.28. The van der Waals surface area contributed by atoms with Gasteiger partial charge in [0.25, 0.3) is 0 Å². The molecule has 2 aliphatic rings. The largest absolute Gasteiger partial charge is 0.378 e. The molecule has 2 fully saturated rings. The van der Waals surface area contributed by atoms with Crippen LogP contribution in [0.1, 0.15) is 44.2 Å². The van der Waals surface area contributed by atoms with Crippen molar-refractivity contribution in [3.63, 3.8) is 0 Å². The van der Waals surface area contributed by atoms with Crippen LogP contribution in [0.5, 0.6) is 0 Å². The van der Waals surface area contributed by atoms with E-state index in [1.165, 1.54) is 11.3 Å². The maximum absolute atomic E-state index is 13.1. The molecule has 1 N–H and O–H groups in total. The van der Waals surface area contributed by atoms with E-state index >= 15 is 0 Å². The smallest absolute Gasteiger partial charge is 0.242 e.